The molecule has 154 valence electrons. The summed E-state index contributed by atoms with van der Waals surface area (Å²) in [5, 5.41) is 3.53. The maximum atomic E-state index is 12.6. The average molecular weight is 413 g/mol. The molecule has 6 heteroatoms. The number of furan rings is 1. The summed E-state index contributed by atoms with van der Waals surface area (Å²) in [6.45, 7) is -0.467. The highest BCUT2D eigenvalue weighted by molar-refractivity contribution is 6.03. The molecular weight excluding hydrogens is 394 g/mol. The smallest absolute Gasteiger partial charge is 0.340 e. The number of nitrogens with one attached hydrogen (secondary N) is 1. The van der Waals surface area contributed by atoms with Crippen molar-refractivity contribution in [2.75, 3.05) is 11.9 Å². The van der Waals surface area contributed by atoms with Gasteiger partial charge in [0.1, 0.15) is 5.58 Å². The predicted molar refractivity (Wildman–Crippen MR) is 116 cm³/mol. The molecule has 4 aromatic rings. The number of amides is 1. The minimum Gasteiger partial charge on any atom is -0.453 e. The van der Waals surface area contributed by atoms with E-state index in [1.165, 1.54) is 6.07 Å². The van der Waals surface area contributed by atoms with E-state index >= 15 is 0 Å². The van der Waals surface area contributed by atoms with Crippen molar-refractivity contribution < 1.29 is 23.5 Å². The van der Waals surface area contributed by atoms with Crippen molar-refractivity contribution in [1.29, 1.82) is 0 Å². The summed E-state index contributed by atoms with van der Waals surface area (Å²) in [4.78, 5) is 37.3. The fourth-order valence-electron chi connectivity index (χ4n) is 3.15. The van der Waals surface area contributed by atoms with Gasteiger partial charge in [-0.3, -0.25) is 9.59 Å². The van der Waals surface area contributed by atoms with E-state index in [9.17, 15) is 14.4 Å². The summed E-state index contributed by atoms with van der Waals surface area (Å²) < 4.78 is 10.7. The second-order valence-corrected chi connectivity index (χ2v) is 6.90. The number of anilines is 1. The molecule has 6 nitrogen and oxygen atoms in total. The van der Waals surface area contributed by atoms with E-state index in [4.69, 9.17) is 9.15 Å². The molecule has 0 radical (unpaired) electrons. The molecule has 1 N–H and O–H groups in total. The fraction of sp³-hybridized carbons (Fsp3) is 0.0800. The predicted octanol–water partition coefficient (Wildman–Crippen LogP) is 4.65. The largest absolute Gasteiger partial charge is 0.453 e. The highest BCUT2D eigenvalue weighted by Gasteiger charge is 2.18. The Morgan fingerprint density at radius 3 is 2.35 bits per heavy atom. The molecule has 31 heavy (non-hydrogen) atoms. The van der Waals surface area contributed by atoms with Crippen LogP contribution in [0.25, 0.3) is 11.0 Å². The summed E-state index contributed by atoms with van der Waals surface area (Å²) in [6, 6.07) is 24.6. The van der Waals surface area contributed by atoms with Gasteiger partial charge in [0.2, 0.25) is 11.7 Å². The number of carbonyl (C=O) groups excluding carboxylic acids is 3. The van der Waals surface area contributed by atoms with Crippen molar-refractivity contribution in [2.24, 2.45) is 0 Å². The molecule has 4 rings (SSSR count). The topological polar surface area (TPSA) is 85.6 Å². The molecule has 0 spiro atoms. The maximum absolute atomic E-state index is 12.6. The number of ether oxygens (including phenoxy) is 1. The Balaban J connectivity index is 1.40. The monoisotopic (exact) mass is 413 g/mol. The van der Waals surface area contributed by atoms with Gasteiger partial charge in [-0.1, -0.05) is 60.7 Å². The second-order valence-electron chi connectivity index (χ2n) is 6.90. The van der Waals surface area contributed by atoms with Crippen LogP contribution in [0.15, 0.2) is 89.3 Å². The Bertz CT molecular complexity index is 1210. The molecule has 3 aromatic carbocycles. The van der Waals surface area contributed by atoms with Crippen LogP contribution in [0.5, 0.6) is 0 Å². The van der Waals surface area contributed by atoms with Gasteiger partial charge in [-0.25, -0.2) is 4.79 Å². The Hall–Kier alpha value is -4.19. The van der Waals surface area contributed by atoms with Gasteiger partial charge in [-0.05, 0) is 29.8 Å². The van der Waals surface area contributed by atoms with E-state index in [0.29, 0.717) is 11.3 Å². The first-order valence-corrected chi connectivity index (χ1v) is 9.72. The number of rotatable bonds is 7. The SMILES string of the molecule is O=C(Cc1ccccc1)Nc1ccccc1C(=O)OCC(=O)c1cc2ccccc2o1. The third kappa shape index (κ3) is 4.87. The molecule has 0 aliphatic heterocycles. The van der Waals surface area contributed by atoms with E-state index in [1.807, 2.05) is 48.5 Å². The van der Waals surface area contributed by atoms with Crippen molar-refractivity contribution in [3.63, 3.8) is 0 Å². The van der Waals surface area contributed by atoms with Crippen LogP contribution in [0.4, 0.5) is 5.69 Å². The van der Waals surface area contributed by atoms with E-state index in [1.54, 1.807) is 30.3 Å². The van der Waals surface area contributed by atoms with Gasteiger partial charge >= 0.3 is 5.97 Å². The molecular formula is C25H19NO5. The molecule has 1 amide bonds. The lowest BCUT2D eigenvalue weighted by Gasteiger charge is -2.10. The number of carbonyl (C=O) groups is 3. The van der Waals surface area contributed by atoms with Gasteiger partial charge in [-0.2, -0.15) is 0 Å². The molecule has 1 aromatic heterocycles. The minimum atomic E-state index is -0.708. The van der Waals surface area contributed by atoms with E-state index < -0.39 is 18.4 Å². The number of esters is 1. The van der Waals surface area contributed by atoms with Crippen LogP contribution in [0.1, 0.15) is 26.5 Å². The second kappa shape index (κ2) is 9.09. The zero-order valence-corrected chi connectivity index (χ0v) is 16.5. The lowest BCUT2D eigenvalue weighted by Crippen LogP contribution is -2.19. The zero-order valence-electron chi connectivity index (χ0n) is 16.5. The van der Waals surface area contributed by atoms with Crippen LogP contribution < -0.4 is 5.32 Å². The molecule has 1 heterocycles. The highest BCUT2D eigenvalue weighted by Crippen LogP contribution is 2.20. The van der Waals surface area contributed by atoms with Crippen molar-refractivity contribution >= 4 is 34.3 Å². The molecule has 0 aliphatic rings. The molecule has 0 saturated heterocycles. The number of hydrogen-bond donors (Lipinski definition) is 1. The van der Waals surface area contributed by atoms with Crippen LogP contribution in [0.2, 0.25) is 0 Å². The summed E-state index contributed by atoms with van der Waals surface area (Å²) in [5.41, 5.74) is 1.94. The average Bonchev–Trinajstić information content (AvgIpc) is 3.23. The Kier molecular flexibility index (Phi) is 5.89. The van der Waals surface area contributed by atoms with E-state index in [2.05, 4.69) is 5.32 Å². The minimum absolute atomic E-state index is 0.124. The lowest BCUT2D eigenvalue weighted by atomic mass is 10.1. The Labute approximate surface area is 178 Å². The maximum Gasteiger partial charge on any atom is 0.340 e. The number of benzene rings is 3. The fourth-order valence-corrected chi connectivity index (χ4v) is 3.15. The van der Waals surface area contributed by atoms with Crippen LogP contribution >= 0.6 is 0 Å². The Morgan fingerprint density at radius 1 is 0.839 bits per heavy atom. The first-order valence-electron chi connectivity index (χ1n) is 9.72. The quantitative estimate of drug-likeness (QED) is 0.352. The van der Waals surface area contributed by atoms with E-state index in [0.717, 1.165) is 10.9 Å². The number of Topliss-reactive ketones (excluding diaryl/α,β-unsaturated/α-hetero) is 1. The molecule has 0 bridgehead atoms. The zero-order chi connectivity index (χ0) is 21.6. The normalized spacial score (nSPS) is 10.6. The van der Waals surface area contributed by atoms with Gasteiger partial charge in [-0.15, -0.1) is 0 Å². The summed E-state index contributed by atoms with van der Waals surface area (Å²) >= 11 is 0. The van der Waals surface area contributed by atoms with Crippen LogP contribution in [-0.4, -0.2) is 24.3 Å². The highest BCUT2D eigenvalue weighted by atomic mass is 16.5. The van der Waals surface area contributed by atoms with E-state index in [-0.39, 0.29) is 23.7 Å². The number of para-hydroxylation sites is 2. The van der Waals surface area contributed by atoms with Crippen molar-refractivity contribution in [3.8, 4) is 0 Å². The third-order valence-electron chi connectivity index (χ3n) is 4.66. The van der Waals surface area contributed by atoms with Gasteiger partial charge in [0.05, 0.1) is 17.7 Å². The summed E-state index contributed by atoms with van der Waals surface area (Å²) in [6.07, 6.45) is 0.175. The summed E-state index contributed by atoms with van der Waals surface area (Å²) in [7, 11) is 0. The van der Waals surface area contributed by atoms with Gasteiger partial charge < -0.3 is 14.5 Å². The first kappa shape index (κ1) is 20.1. The Morgan fingerprint density at radius 2 is 1.55 bits per heavy atom. The van der Waals surface area contributed by atoms with Gasteiger partial charge in [0.15, 0.2) is 12.4 Å². The van der Waals surface area contributed by atoms with Crippen molar-refractivity contribution in [1.82, 2.24) is 0 Å². The van der Waals surface area contributed by atoms with Crippen LogP contribution in [0.3, 0.4) is 0 Å². The number of hydrogen-bond acceptors (Lipinski definition) is 5. The first-order chi connectivity index (χ1) is 15.1. The number of ketones is 1. The third-order valence-corrected chi connectivity index (χ3v) is 4.66. The molecule has 0 atom stereocenters. The van der Waals surface area contributed by atoms with Crippen LogP contribution in [-0.2, 0) is 16.0 Å². The van der Waals surface area contributed by atoms with Crippen LogP contribution in [0, 0.1) is 0 Å². The molecule has 0 unspecified atom stereocenters. The molecule has 0 saturated carbocycles. The summed E-state index contributed by atoms with van der Waals surface area (Å²) in [5.74, 6) is -1.29. The lowest BCUT2D eigenvalue weighted by molar-refractivity contribution is -0.115. The number of fused-ring (bicyclic) bond motifs is 1. The standard InChI is InChI=1S/C25H19NO5/c27-21(23-15-18-10-4-7-13-22(18)31-23)16-30-25(29)19-11-5-6-12-20(19)26-24(28)14-17-8-2-1-3-9-17/h1-13,15H,14,16H2,(H,26,28). The molecule has 0 aliphatic carbocycles. The van der Waals surface area contributed by atoms with Gasteiger partial charge in [0, 0.05) is 5.39 Å². The van der Waals surface area contributed by atoms with Crippen molar-refractivity contribution in [2.45, 2.75) is 6.42 Å². The molecule has 0 fully saturated rings. The van der Waals surface area contributed by atoms with Crippen molar-refractivity contribution in [3.05, 3.63) is 102 Å². The van der Waals surface area contributed by atoms with Gasteiger partial charge in [0.25, 0.3) is 0 Å².